The summed E-state index contributed by atoms with van der Waals surface area (Å²) < 4.78 is 0. The minimum absolute atomic E-state index is 0.0854. The Bertz CT molecular complexity index is 2690. The third-order valence-electron chi connectivity index (χ3n) is 15.1. The minimum Gasteiger partial charge on any atom is -0.332 e. The second kappa shape index (κ2) is 22.2. The lowest BCUT2D eigenvalue weighted by Gasteiger charge is -2.38. The average Bonchev–Trinajstić information content (AvgIpc) is 4.09. The van der Waals surface area contributed by atoms with Gasteiger partial charge in [-0.3, -0.25) is 28.8 Å². The number of hydrogen-bond donors (Lipinski definition) is 3. The van der Waals surface area contributed by atoms with Crippen LogP contribution >= 0.6 is 0 Å². The number of nitrogens with two attached hydrogens (primary N) is 3. The van der Waals surface area contributed by atoms with Gasteiger partial charge in [-0.1, -0.05) is 146 Å². The van der Waals surface area contributed by atoms with Gasteiger partial charge in [0.2, 0.25) is 35.4 Å². The van der Waals surface area contributed by atoms with Crippen LogP contribution in [-0.4, -0.2) is 143 Å². The van der Waals surface area contributed by atoms with Crippen molar-refractivity contribution in [3.8, 4) is 33.4 Å². The molecule has 1 heterocycles. The third kappa shape index (κ3) is 9.82. The summed E-state index contributed by atoms with van der Waals surface area (Å²) in [7, 11) is 0. The molecular formula is C60H63N9O6. The molecule has 1 fully saturated rings. The number of amides is 6. The van der Waals surface area contributed by atoms with Crippen LogP contribution in [0, 0.1) is 0 Å². The molecule has 0 unspecified atom stereocenters. The fourth-order valence-corrected chi connectivity index (χ4v) is 11.6. The first kappa shape index (κ1) is 50.5. The Morgan fingerprint density at radius 3 is 0.693 bits per heavy atom. The number of benzene rings is 6. The van der Waals surface area contributed by atoms with E-state index in [0.717, 1.165) is 66.8 Å². The predicted octanol–water partition coefficient (Wildman–Crippen LogP) is 5.33. The number of nitrogens with zero attached hydrogens (tertiary/aromatic N) is 6. The summed E-state index contributed by atoms with van der Waals surface area (Å²) in [5.41, 5.74) is 28.6. The first-order chi connectivity index (χ1) is 36.6. The highest BCUT2D eigenvalue weighted by Gasteiger charge is 2.43. The number of hydrogen-bond acceptors (Lipinski definition) is 9. The van der Waals surface area contributed by atoms with Gasteiger partial charge in [-0.2, -0.15) is 0 Å². The lowest BCUT2D eigenvalue weighted by atomic mass is 10.0. The highest BCUT2D eigenvalue weighted by molar-refractivity contribution is 5.96. The van der Waals surface area contributed by atoms with Crippen molar-refractivity contribution in [3.63, 3.8) is 0 Å². The van der Waals surface area contributed by atoms with E-state index in [1.165, 1.54) is 29.4 Å². The van der Waals surface area contributed by atoms with Crippen LogP contribution in [-0.2, 0) is 28.8 Å². The molecule has 0 bridgehead atoms. The summed E-state index contributed by atoms with van der Waals surface area (Å²) in [6.07, 6.45) is 1.04. The van der Waals surface area contributed by atoms with Gasteiger partial charge in [-0.05, 0) is 106 Å². The summed E-state index contributed by atoms with van der Waals surface area (Å²) in [6, 6.07) is 44.4. The highest BCUT2D eigenvalue weighted by Crippen LogP contribution is 2.49. The molecule has 6 amide bonds. The number of fused-ring (bicyclic) bond motifs is 9. The van der Waals surface area contributed by atoms with Crippen molar-refractivity contribution in [1.82, 2.24) is 29.4 Å². The van der Waals surface area contributed by atoms with E-state index in [0.29, 0.717) is 19.3 Å². The molecule has 3 aliphatic carbocycles. The fourth-order valence-electron chi connectivity index (χ4n) is 11.6. The molecule has 0 atom stereocenters. The third-order valence-corrected chi connectivity index (χ3v) is 15.1. The van der Waals surface area contributed by atoms with E-state index in [9.17, 15) is 0 Å². The van der Waals surface area contributed by atoms with Crippen LogP contribution in [0.4, 0.5) is 0 Å². The zero-order chi connectivity index (χ0) is 52.2. The Balaban J connectivity index is 1.12. The number of rotatable bonds is 12. The van der Waals surface area contributed by atoms with Crippen molar-refractivity contribution < 1.29 is 28.8 Å². The first-order valence-electron chi connectivity index (χ1n) is 26.0. The van der Waals surface area contributed by atoms with E-state index in [4.69, 9.17) is 17.2 Å². The molecule has 0 saturated carbocycles. The smallest absolute Gasteiger partial charge is 0.243 e. The van der Waals surface area contributed by atoms with E-state index in [1.807, 2.05) is 146 Å². The van der Waals surface area contributed by atoms with Crippen LogP contribution in [0.5, 0.6) is 0 Å². The zero-order valence-electron chi connectivity index (χ0n) is 42.1. The largest absolute Gasteiger partial charge is 0.332 e. The minimum atomic E-state index is -0.734. The Morgan fingerprint density at radius 2 is 0.493 bits per heavy atom. The molecule has 75 heavy (non-hydrogen) atoms. The standard InChI is InChI=1S/C60H63N9O6/c61-28-13-31-64-34-55(73)67(58-46-22-7-1-16-40(46)41-17-2-8-23-47(41)58)37-52(70)65(32-14-29-62)35-56(74)69(60-50-26-11-5-20-44(50)45-21-6-12-27-51(45)60)39-54(72)66(33-15-30-63)36-57(75)68(38-53(64)71)59-48-24-9-3-18-42(48)43-19-4-10-25-49(43)59/h1-12,16-27,58-60H,13-15,28-39,61-63H2. The molecule has 0 radical (unpaired) electrons. The normalized spacial score (nSPS) is 17.0. The molecule has 6 N–H and O–H groups in total. The second-order valence-corrected chi connectivity index (χ2v) is 19.7. The molecule has 10 rings (SSSR count). The van der Waals surface area contributed by atoms with Crippen LogP contribution in [0.15, 0.2) is 146 Å². The number of carbonyl (C=O) groups excluding carboxylic acids is 6. The van der Waals surface area contributed by atoms with Gasteiger partial charge in [-0.15, -0.1) is 0 Å². The van der Waals surface area contributed by atoms with Gasteiger partial charge < -0.3 is 46.6 Å². The quantitative estimate of drug-likeness (QED) is 0.145. The lowest BCUT2D eigenvalue weighted by Crippen LogP contribution is -2.54. The molecule has 6 aromatic rings. The Kier molecular flexibility index (Phi) is 15.0. The summed E-state index contributed by atoms with van der Waals surface area (Å²) >= 11 is 0. The number of carbonyl (C=O) groups is 6. The van der Waals surface area contributed by atoms with Gasteiger partial charge in [-0.25, -0.2) is 0 Å². The molecule has 6 aromatic carbocycles. The maximum Gasteiger partial charge on any atom is 0.243 e. The fraction of sp³-hybridized carbons (Fsp3) is 0.300. The van der Waals surface area contributed by atoms with Crippen molar-refractivity contribution in [2.45, 2.75) is 37.4 Å². The maximum absolute atomic E-state index is 15.5. The maximum atomic E-state index is 15.5. The molecule has 4 aliphatic rings. The van der Waals surface area contributed by atoms with Gasteiger partial charge in [0.05, 0.1) is 37.8 Å². The van der Waals surface area contributed by atoms with Crippen LogP contribution in [0.3, 0.4) is 0 Å². The van der Waals surface area contributed by atoms with Crippen molar-refractivity contribution in [3.05, 3.63) is 179 Å². The van der Waals surface area contributed by atoms with Crippen LogP contribution in [0.1, 0.15) is 70.8 Å². The monoisotopic (exact) mass is 1010 g/mol. The van der Waals surface area contributed by atoms with E-state index in [2.05, 4.69) is 0 Å². The van der Waals surface area contributed by atoms with Crippen molar-refractivity contribution >= 4 is 35.4 Å². The van der Waals surface area contributed by atoms with Crippen molar-refractivity contribution in [2.75, 3.05) is 78.5 Å². The van der Waals surface area contributed by atoms with E-state index >= 15 is 28.8 Å². The molecule has 1 saturated heterocycles. The predicted molar refractivity (Wildman–Crippen MR) is 287 cm³/mol. The van der Waals surface area contributed by atoms with Crippen LogP contribution < -0.4 is 17.2 Å². The SMILES string of the molecule is NCCCN1CC(=O)N(C2c3ccccc3-c3ccccc32)CC(=O)N(CCCN)CC(=O)N(C2c3ccccc3-c3ccccc32)CC(=O)N(CCCN)CC(=O)N(C2c3ccccc3-c3ccccc32)CC1=O. The molecule has 0 aromatic heterocycles. The van der Waals surface area contributed by atoms with Crippen LogP contribution in [0.25, 0.3) is 33.4 Å². The molecule has 0 spiro atoms. The Labute approximate surface area is 437 Å². The summed E-state index contributed by atoms with van der Waals surface area (Å²) in [6.45, 7) is -1.78. The summed E-state index contributed by atoms with van der Waals surface area (Å²) in [4.78, 5) is 101. The van der Waals surface area contributed by atoms with Gasteiger partial charge in [0.25, 0.3) is 0 Å². The molecular weight excluding hydrogens is 943 g/mol. The topological polar surface area (TPSA) is 200 Å². The highest BCUT2D eigenvalue weighted by atomic mass is 16.2. The second-order valence-electron chi connectivity index (χ2n) is 19.7. The summed E-state index contributed by atoms with van der Waals surface area (Å²) in [5.74, 6) is -3.05. The van der Waals surface area contributed by atoms with E-state index in [1.54, 1.807) is 0 Å². The van der Waals surface area contributed by atoms with Gasteiger partial charge in [0, 0.05) is 19.6 Å². The molecule has 384 valence electrons. The Morgan fingerprint density at radius 1 is 0.293 bits per heavy atom. The summed E-state index contributed by atoms with van der Waals surface area (Å²) in [5, 5.41) is 0. The first-order valence-corrected chi connectivity index (χ1v) is 26.0. The zero-order valence-corrected chi connectivity index (χ0v) is 42.1. The van der Waals surface area contributed by atoms with Gasteiger partial charge in [0.15, 0.2) is 0 Å². The molecule has 15 nitrogen and oxygen atoms in total. The molecule has 15 heteroatoms. The van der Waals surface area contributed by atoms with Crippen molar-refractivity contribution in [2.24, 2.45) is 17.2 Å². The average molecular weight is 1010 g/mol. The lowest BCUT2D eigenvalue weighted by molar-refractivity contribution is -0.151. The Hall–Kier alpha value is -7.98. The van der Waals surface area contributed by atoms with Crippen LogP contribution in [0.2, 0.25) is 0 Å². The van der Waals surface area contributed by atoms with Gasteiger partial charge >= 0.3 is 0 Å². The molecule has 1 aliphatic heterocycles. The van der Waals surface area contributed by atoms with Crippen molar-refractivity contribution in [1.29, 1.82) is 0 Å². The van der Waals surface area contributed by atoms with Gasteiger partial charge in [0.1, 0.15) is 19.6 Å². The van der Waals surface area contributed by atoms with E-state index < -0.39 is 92.8 Å². The van der Waals surface area contributed by atoms with E-state index in [-0.39, 0.29) is 39.3 Å².